The predicted octanol–water partition coefficient (Wildman–Crippen LogP) is 2.81. The van der Waals surface area contributed by atoms with Gasteiger partial charge in [0.05, 0.1) is 0 Å². The van der Waals surface area contributed by atoms with Crippen molar-refractivity contribution in [2.24, 2.45) is 0 Å². The van der Waals surface area contributed by atoms with Crippen LogP contribution < -0.4 is 10.2 Å². The fourth-order valence-electron chi connectivity index (χ4n) is 3.25. The van der Waals surface area contributed by atoms with Gasteiger partial charge in [0.2, 0.25) is 0 Å². The molecule has 1 saturated heterocycles. The first kappa shape index (κ1) is 18.6. The quantitative estimate of drug-likeness (QED) is 0.861. The summed E-state index contributed by atoms with van der Waals surface area (Å²) in [5.41, 5.74) is 2.39. The lowest BCUT2D eigenvalue weighted by atomic mass is 10.1. The van der Waals surface area contributed by atoms with Crippen molar-refractivity contribution in [1.29, 1.82) is 0 Å². The Kier molecular flexibility index (Phi) is 6.06. The van der Waals surface area contributed by atoms with Gasteiger partial charge >= 0.3 is 0 Å². The van der Waals surface area contributed by atoms with E-state index in [2.05, 4.69) is 63.2 Å². The number of piperazine rings is 1. The van der Waals surface area contributed by atoms with Gasteiger partial charge in [0.1, 0.15) is 18.0 Å². The molecular formula is C20H30N6. The first-order valence-corrected chi connectivity index (χ1v) is 9.33. The molecule has 2 aromatic rings. The maximum Gasteiger partial charge on any atom is 0.135 e. The molecule has 1 N–H and O–H groups in total. The van der Waals surface area contributed by atoms with E-state index in [1.54, 1.807) is 6.33 Å². The minimum Gasteiger partial charge on any atom is -0.363 e. The fraction of sp³-hybridized carbons (Fsp3) is 0.500. The zero-order valence-corrected chi connectivity index (χ0v) is 16.3. The molecule has 140 valence electrons. The molecule has 2 heterocycles. The van der Waals surface area contributed by atoms with Crippen LogP contribution >= 0.6 is 0 Å². The number of aromatic nitrogens is 2. The maximum atomic E-state index is 4.32. The van der Waals surface area contributed by atoms with E-state index in [4.69, 9.17) is 0 Å². The second-order valence-electron chi connectivity index (χ2n) is 7.39. The third kappa shape index (κ3) is 4.93. The van der Waals surface area contributed by atoms with Crippen LogP contribution in [0.5, 0.6) is 0 Å². The predicted molar refractivity (Wildman–Crippen MR) is 108 cm³/mol. The molecule has 0 aliphatic carbocycles. The smallest absolute Gasteiger partial charge is 0.135 e. The molecule has 0 unspecified atom stereocenters. The third-order valence-corrected chi connectivity index (χ3v) is 4.85. The van der Waals surface area contributed by atoms with Gasteiger partial charge in [-0.2, -0.15) is 0 Å². The number of nitrogens with zero attached hydrogens (tertiary/aromatic N) is 5. The Bertz CT molecular complexity index is 707. The SMILES string of the molecule is CC(C)N1CCN(Cc2cccc(Nc3cc(N(C)C)ncn3)c2)CC1. The molecule has 6 nitrogen and oxygen atoms in total. The zero-order chi connectivity index (χ0) is 18.5. The molecule has 1 aromatic heterocycles. The first-order chi connectivity index (χ1) is 12.5. The molecule has 0 atom stereocenters. The summed E-state index contributed by atoms with van der Waals surface area (Å²) in [7, 11) is 3.96. The Morgan fingerprint density at radius 2 is 1.85 bits per heavy atom. The van der Waals surface area contributed by atoms with Crippen LogP contribution in [0.1, 0.15) is 19.4 Å². The Balaban J connectivity index is 1.61. The summed E-state index contributed by atoms with van der Waals surface area (Å²) in [6.45, 7) is 10.1. The lowest BCUT2D eigenvalue weighted by Crippen LogP contribution is -2.48. The Morgan fingerprint density at radius 1 is 1.08 bits per heavy atom. The van der Waals surface area contributed by atoms with Crippen LogP contribution in [0, 0.1) is 0 Å². The van der Waals surface area contributed by atoms with E-state index < -0.39 is 0 Å². The van der Waals surface area contributed by atoms with Gasteiger partial charge in [-0.05, 0) is 31.5 Å². The number of nitrogens with one attached hydrogen (secondary N) is 1. The highest BCUT2D eigenvalue weighted by Gasteiger charge is 2.18. The van der Waals surface area contributed by atoms with E-state index in [-0.39, 0.29) is 0 Å². The summed E-state index contributed by atoms with van der Waals surface area (Å²) in [6, 6.07) is 11.2. The van der Waals surface area contributed by atoms with Crippen LogP contribution in [-0.2, 0) is 6.54 Å². The molecule has 3 rings (SSSR count). The molecule has 6 heteroatoms. The van der Waals surface area contributed by atoms with E-state index in [9.17, 15) is 0 Å². The van der Waals surface area contributed by atoms with Gasteiger partial charge in [-0.3, -0.25) is 9.80 Å². The highest BCUT2D eigenvalue weighted by Crippen LogP contribution is 2.19. The molecule has 0 amide bonds. The number of hydrogen-bond acceptors (Lipinski definition) is 6. The van der Waals surface area contributed by atoms with Gasteiger partial charge in [-0.25, -0.2) is 9.97 Å². The summed E-state index contributed by atoms with van der Waals surface area (Å²) in [6.07, 6.45) is 1.59. The largest absolute Gasteiger partial charge is 0.363 e. The van der Waals surface area contributed by atoms with Gasteiger partial charge in [-0.1, -0.05) is 12.1 Å². The summed E-state index contributed by atoms with van der Waals surface area (Å²) < 4.78 is 0. The van der Waals surface area contributed by atoms with Crippen molar-refractivity contribution in [3.63, 3.8) is 0 Å². The van der Waals surface area contributed by atoms with Crippen molar-refractivity contribution in [3.05, 3.63) is 42.2 Å². The van der Waals surface area contributed by atoms with E-state index in [1.165, 1.54) is 5.56 Å². The number of rotatable bonds is 6. The Hall–Kier alpha value is -2.18. The molecule has 0 saturated carbocycles. The summed E-state index contributed by atoms with van der Waals surface area (Å²) in [5.74, 6) is 1.70. The lowest BCUT2D eigenvalue weighted by molar-refractivity contribution is 0.104. The summed E-state index contributed by atoms with van der Waals surface area (Å²) >= 11 is 0. The monoisotopic (exact) mass is 354 g/mol. The fourth-order valence-corrected chi connectivity index (χ4v) is 3.25. The van der Waals surface area contributed by atoms with Crippen LogP contribution in [-0.4, -0.2) is 66.1 Å². The van der Waals surface area contributed by atoms with Crippen molar-refractivity contribution in [1.82, 2.24) is 19.8 Å². The molecule has 1 fully saturated rings. The van der Waals surface area contributed by atoms with Crippen molar-refractivity contribution in [3.8, 4) is 0 Å². The molecule has 26 heavy (non-hydrogen) atoms. The summed E-state index contributed by atoms with van der Waals surface area (Å²) in [4.78, 5) is 15.6. The number of benzene rings is 1. The highest BCUT2D eigenvalue weighted by molar-refractivity contribution is 5.59. The van der Waals surface area contributed by atoms with Crippen molar-refractivity contribution >= 4 is 17.3 Å². The van der Waals surface area contributed by atoms with Gasteiger partial charge < -0.3 is 10.2 Å². The molecule has 1 aliphatic heterocycles. The van der Waals surface area contributed by atoms with E-state index >= 15 is 0 Å². The average Bonchev–Trinajstić information content (AvgIpc) is 2.62. The van der Waals surface area contributed by atoms with Gasteiger partial charge in [0.25, 0.3) is 0 Å². The van der Waals surface area contributed by atoms with E-state index in [1.807, 2.05) is 25.1 Å². The number of anilines is 3. The number of hydrogen-bond donors (Lipinski definition) is 1. The van der Waals surface area contributed by atoms with Crippen LogP contribution in [0.25, 0.3) is 0 Å². The topological polar surface area (TPSA) is 47.5 Å². The van der Waals surface area contributed by atoms with Gasteiger partial charge in [0.15, 0.2) is 0 Å². The minimum atomic E-state index is 0.643. The van der Waals surface area contributed by atoms with Crippen molar-refractivity contribution < 1.29 is 0 Å². The van der Waals surface area contributed by atoms with Crippen molar-refractivity contribution in [2.45, 2.75) is 26.4 Å². The standard InChI is InChI=1S/C20H30N6/c1-16(2)26-10-8-25(9-11-26)14-17-6-5-7-18(12-17)23-19-13-20(24(3)4)22-15-21-19/h5-7,12-13,15-16H,8-11,14H2,1-4H3,(H,21,22,23). The molecule has 1 aromatic carbocycles. The second kappa shape index (κ2) is 8.47. The highest BCUT2D eigenvalue weighted by atomic mass is 15.3. The van der Waals surface area contributed by atoms with Gasteiger partial charge in [-0.15, -0.1) is 0 Å². The first-order valence-electron chi connectivity index (χ1n) is 9.33. The molecular weight excluding hydrogens is 324 g/mol. The molecule has 0 radical (unpaired) electrons. The van der Waals surface area contributed by atoms with Gasteiger partial charge in [0, 0.05) is 64.6 Å². The Morgan fingerprint density at radius 3 is 2.54 bits per heavy atom. The second-order valence-corrected chi connectivity index (χ2v) is 7.39. The third-order valence-electron chi connectivity index (χ3n) is 4.85. The minimum absolute atomic E-state index is 0.643. The van der Waals surface area contributed by atoms with Crippen LogP contribution in [0.4, 0.5) is 17.3 Å². The van der Waals surface area contributed by atoms with E-state index in [0.29, 0.717) is 6.04 Å². The lowest BCUT2D eigenvalue weighted by Gasteiger charge is -2.37. The summed E-state index contributed by atoms with van der Waals surface area (Å²) in [5, 5.41) is 3.39. The molecule has 1 aliphatic rings. The average molecular weight is 355 g/mol. The van der Waals surface area contributed by atoms with Crippen LogP contribution in [0.3, 0.4) is 0 Å². The van der Waals surface area contributed by atoms with Crippen molar-refractivity contribution in [2.75, 3.05) is 50.5 Å². The van der Waals surface area contributed by atoms with E-state index in [0.717, 1.165) is 50.0 Å². The van der Waals surface area contributed by atoms with Crippen LogP contribution in [0.2, 0.25) is 0 Å². The molecule has 0 spiro atoms. The Labute approximate surface area is 156 Å². The maximum absolute atomic E-state index is 4.32. The van der Waals surface area contributed by atoms with Crippen LogP contribution in [0.15, 0.2) is 36.7 Å². The zero-order valence-electron chi connectivity index (χ0n) is 16.3. The molecule has 0 bridgehead atoms. The normalized spacial score (nSPS) is 16.0.